The molecule has 0 heterocycles. The second-order valence-electron chi connectivity index (χ2n) is 8.55. The van der Waals surface area contributed by atoms with Crippen molar-refractivity contribution in [1.82, 2.24) is 0 Å². The maximum Gasteiger partial charge on any atom is 0.340 e. The van der Waals surface area contributed by atoms with Crippen LogP contribution in [0.3, 0.4) is 0 Å². The van der Waals surface area contributed by atoms with E-state index in [0.717, 1.165) is 11.1 Å². The van der Waals surface area contributed by atoms with Crippen LogP contribution < -0.4 is 4.74 Å². The Bertz CT molecular complexity index is 702. The second-order valence-corrected chi connectivity index (χ2v) is 11.1. The van der Waals surface area contributed by atoms with Crippen LogP contribution in [-0.4, -0.2) is 32.8 Å². The number of ether oxygens (including phenoxy) is 1. The van der Waals surface area contributed by atoms with E-state index in [1.165, 1.54) is 14.2 Å². The number of carbonyl (C=O) groups excluding carboxylic acids is 1. The topological polar surface area (TPSA) is 61.8 Å². The summed E-state index contributed by atoms with van der Waals surface area (Å²) in [6.07, 6.45) is 0. The minimum absolute atomic E-state index is 0.156. The molecule has 1 atom stereocenters. The summed E-state index contributed by atoms with van der Waals surface area (Å²) in [5.74, 6) is 0.201. The highest BCUT2D eigenvalue weighted by Gasteiger charge is 2.39. The van der Waals surface area contributed by atoms with Crippen LogP contribution in [0.1, 0.15) is 70.0 Å². The zero-order chi connectivity index (χ0) is 20.5. The van der Waals surface area contributed by atoms with Crippen molar-refractivity contribution in [2.24, 2.45) is 0 Å². The molecular weight excluding hydrogens is 351 g/mol. The van der Waals surface area contributed by atoms with Gasteiger partial charge in [-0.25, -0.2) is 0 Å². The molecule has 1 aromatic rings. The number of hydrogen-bond donors (Lipinski definition) is 0. The number of ketones is 1. The number of rotatable bonds is 6. The molecule has 0 N–H and O–H groups in total. The van der Waals surface area contributed by atoms with Crippen molar-refractivity contribution < 1.29 is 23.1 Å². The van der Waals surface area contributed by atoms with Gasteiger partial charge >= 0.3 is 7.60 Å². The Kier molecular flexibility index (Phi) is 6.90. The Balaban J connectivity index is 3.74. The van der Waals surface area contributed by atoms with E-state index in [9.17, 15) is 9.36 Å². The van der Waals surface area contributed by atoms with Gasteiger partial charge in [-0.05, 0) is 29.4 Å². The fourth-order valence-corrected chi connectivity index (χ4v) is 3.99. The molecule has 0 amide bonds. The Morgan fingerprint density at radius 3 is 1.81 bits per heavy atom. The molecule has 0 fully saturated rings. The number of methoxy groups -OCH3 is 1. The first kappa shape index (κ1) is 22.9. The molecule has 0 aliphatic rings. The van der Waals surface area contributed by atoms with Gasteiger partial charge in [0.15, 0.2) is 5.78 Å². The summed E-state index contributed by atoms with van der Waals surface area (Å²) in [4.78, 5) is 13.2. The highest BCUT2D eigenvalue weighted by atomic mass is 31.2. The van der Waals surface area contributed by atoms with Gasteiger partial charge in [0.25, 0.3) is 0 Å². The monoisotopic (exact) mass is 384 g/mol. The molecule has 0 radical (unpaired) electrons. The van der Waals surface area contributed by atoms with Crippen LogP contribution >= 0.6 is 7.60 Å². The van der Waals surface area contributed by atoms with Gasteiger partial charge in [0.05, 0.1) is 12.7 Å². The van der Waals surface area contributed by atoms with Crippen molar-refractivity contribution >= 4 is 13.4 Å². The second kappa shape index (κ2) is 7.84. The lowest BCUT2D eigenvalue weighted by Crippen LogP contribution is -2.24. The smallest absolute Gasteiger partial charge is 0.340 e. The summed E-state index contributed by atoms with van der Waals surface area (Å²) in [5, 5.41) is 0. The molecule has 1 unspecified atom stereocenters. The summed E-state index contributed by atoms with van der Waals surface area (Å²) in [5.41, 5.74) is 1.05. The Hall–Kier alpha value is -1.16. The lowest BCUT2D eigenvalue weighted by Gasteiger charge is -2.29. The summed E-state index contributed by atoms with van der Waals surface area (Å²) in [6, 6.07) is 3.93. The van der Waals surface area contributed by atoms with Gasteiger partial charge in [-0.3, -0.25) is 9.36 Å². The molecule has 1 aromatic carbocycles. The first-order valence-corrected chi connectivity index (χ1v) is 10.3. The zero-order valence-corrected chi connectivity index (χ0v) is 18.6. The molecule has 5 nitrogen and oxygen atoms in total. The van der Waals surface area contributed by atoms with Crippen LogP contribution in [-0.2, 0) is 24.4 Å². The van der Waals surface area contributed by atoms with Gasteiger partial charge in [0.1, 0.15) is 11.4 Å². The van der Waals surface area contributed by atoms with E-state index in [0.29, 0.717) is 11.3 Å². The molecule has 0 aliphatic heterocycles. The number of hydrogen-bond acceptors (Lipinski definition) is 5. The third-order valence-corrected chi connectivity index (χ3v) is 6.80. The van der Waals surface area contributed by atoms with Crippen molar-refractivity contribution in [3.63, 3.8) is 0 Å². The van der Waals surface area contributed by atoms with Crippen LogP contribution in [0.4, 0.5) is 0 Å². The molecule has 6 heteroatoms. The van der Waals surface area contributed by atoms with Crippen molar-refractivity contribution in [2.75, 3.05) is 21.3 Å². The lowest BCUT2D eigenvalue weighted by atomic mass is 9.78. The molecule has 0 saturated carbocycles. The van der Waals surface area contributed by atoms with Gasteiger partial charge < -0.3 is 13.8 Å². The molecule has 0 saturated heterocycles. The quantitative estimate of drug-likeness (QED) is 0.489. The minimum Gasteiger partial charge on any atom is -0.496 e. The molecule has 1 rings (SSSR count). The first-order chi connectivity index (χ1) is 11.7. The van der Waals surface area contributed by atoms with Crippen molar-refractivity contribution in [3.05, 3.63) is 28.8 Å². The van der Waals surface area contributed by atoms with Crippen LogP contribution in [0.15, 0.2) is 12.1 Å². The zero-order valence-electron chi connectivity index (χ0n) is 17.7. The van der Waals surface area contributed by atoms with Gasteiger partial charge in [-0.15, -0.1) is 0 Å². The van der Waals surface area contributed by atoms with E-state index < -0.39 is 13.3 Å². The highest BCUT2D eigenvalue weighted by Crippen LogP contribution is 2.53. The average molecular weight is 384 g/mol. The predicted molar refractivity (Wildman–Crippen MR) is 106 cm³/mol. The van der Waals surface area contributed by atoms with Gasteiger partial charge in [-0.2, -0.15) is 0 Å². The fraction of sp³-hybridized carbons (Fsp3) is 0.650. The minimum atomic E-state index is -3.54. The molecular formula is C20H33O5P. The number of Topliss-reactive ketones (excluding diaryl/α,β-unsaturated/α-hetero) is 1. The van der Waals surface area contributed by atoms with Crippen molar-refractivity contribution in [2.45, 2.75) is 65.0 Å². The Labute approximate surface area is 158 Å². The SMILES string of the molecule is COc1c(C(=O)C(C)P(=O)(OC)OC)cc(C(C)(C)C)cc1C(C)(C)C. The van der Waals surface area contributed by atoms with Gasteiger partial charge in [0, 0.05) is 19.8 Å². The van der Waals surface area contributed by atoms with E-state index in [-0.39, 0.29) is 16.6 Å². The molecule has 0 aromatic heterocycles. The Morgan fingerprint density at radius 2 is 1.46 bits per heavy atom. The standard InChI is InChI=1S/C20H33O5P/c1-13(26(22,24-9)25-10)17(21)15-11-14(19(2,3)4)12-16(18(15)23-8)20(5,6)7/h11-13H,1-10H3. The molecule has 26 heavy (non-hydrogen) atoms. The lowest BCUT2D eigenvalue weighted by molar-refractivity contribution is 0.0975. The molecule has 0 bridgehead atoms. The highest BCUT2D eigenvalue weighted by molar-refractivity contribution is 7.55. The number of carbonyl (C=O) groups is 1. The maximum atomic E-state index is 13.2. The van der Waals surface area contributed by atoms with Crippen molar-refractivity contribution in [1.29, 1.82) is 0 Å². The van der Waals surface area contributed by atoms with Crippen molar-refractivity contribution in [3.8, 4) is 5.75 Å². The largest absolute Gasteiger partial charge is 0.496 e. The summed E-state index contributed by atoms with van der Waals surface area (Å²) >= 11 is 0. The van der Waals surface area contributed by atoms with E-state index in [2.05, 4.69) is 47.6 Å². The van der Waals surface area contributed by atoms with Gasteiger partial charge in [0.2, 0.25) is 0 Å². The fourth-order valence-electron chi connectivity index (χ4n) is 2.78. The normalized spacial score (nSPS) is 14.2. The van der Waals surface area contributed by atoms with Crippen LogP contribution in [0.25, 0.3) is 0 Å². The first-order valence-electron chi connectivity index (χ1n) is 8.71. The Morgan fingerprint density at radius 1 is 0.962 bits per heavy atom. The van der Waals surface area contributed by atoms with E-state index >= 15 is 0 Å². The molecule has 0 aliphatic carbocycles. The van der Waals surface area contributed by atoms with Crippen LogP contribution in [0.5, 0.6) is 5.75 Å². The number of benzene rings is 1. The maximum absolute atomic E-state index is 13.2. The summed E-state index contributed by atoms with van der Waals surface area (Å²) < 4.78 is 28.4. The van der Waals surface area contributed by atoms with Gasteiger partial charge in [-0.1, -0.05) is 47.6 Å². The third-order valence-electron chi connectivity index (χ3n) is 4.60. The third kappa shape index (κ3) is 4.57. The van der Waals surface area contributed by atoms with Crippen LogP contribution in [0, 0.1) is 0 Å². The van der Waals surface area contributed by atoms with E-state index in [4.69, 9.17) is 13.8 Å². The summed E-state index contributed by atoms with van der Waals surface area (Å²) in [6.45, 7) is 14.1. The average Bonchev–Trinajstić information content (AvgIpc) is 2.56. The predicted octanol–water partition coefficient (Wildman–Crippen LogP) is 5.35. The van der Waals surface area contributed by atoms with E-state index in [1.807, 2.05) is 6.07 Å². The van der Waals surface area contributed by atoms with E-state index in [1.54, 1.807) is 14.0 Å². The molecule has 0 spiro atoms. The van der Waals surface area contributed by atoms with Crippen LogP contribution in [0.2, 0.25) is 0 Å². The summed E-state index contributed by atoms with van der Waals surface area (Å²) in [7, 11) is 0.588. The molecule has 148 valence electrons.